The van der Waals surface area contributed by atoms with Gasteiger partial charge in [-0.05, 0) is 56.2 Å². The van der Waals surface area contributed by atoms with Gasteiger partial charge in [0.25, 0.3) is 5.91 Å². The van der Waals surface area contributed by atoms with E-state index in [9.17, 15) is 9.59 Å². The second kappa shape index (κ2) is 6.80. The van der Waals surface area contributed by atoms with Gasteiger partial charge in [-0.3, -0.25) is 9.59 Å². The lowest BCUT2D eigenvalue weighted by Gasteiger charge is -2.39. The maximum absolute atomic E-state index is 15.5. The van der Waals surface area contributed by atoms with Gasteiger partial charge in [0, 0.05) is 19.6 Å². The molecular formula is C21H27FN2O3. The van der Waals surface area contributed by atoms with Gasteiger partial charge in [-0.15, -0.1) is 0 Å². The van der Waals surface area contributed by atoms with E-state index in [1.807, 2.05) is 24.3 Å². The van der Waals surface area contributed by atoms with Gasteiger partial charge < -0.3 is 14.5 Å². The fourth-order valence-electron chi connectivity index (χ4n) is 4.53. The molecule has 6 heteroatoms. The molecule has 1 aliphatic carbocycles. The topological polar surface area (TPSA) is 49.9 Å². The van der Waals surface area contributed by atoms with E-state index in [1.165, 1.54) is 0 Å². The van der Waals surface area contributed by atoms with E-state index in [-0.39, 0.29) is 18.9 Å². The molecule has 27 heavy (non-hydrogen) atoms. The van der Waals surface area contributed by atoms with Crippen LogP contribution in [0.2, 0.25) is 0 Å². The summed E-state index contributed by atoms with van der Waals surface area (Å²) in [5.41, 5.74) is -1.54. The lowest BCUT2D eigenvalue weighted by molar-refractivity contribution is -0.151. The second-order valence-electron chi connectivity index (χ2n) is 8.11. The van der Waals surface area contributed by atoms with Crippen LogP contribution in [-0.2, 0) is 15.0 Å². The summed E-state index contributed by atoms with van der Waals surface area (Å²) in [6, 6.07) is 7.56. The van der Waals surface area contributed by atoms with Gasteiger partial charge in [0.1, 0.15) is 5.75 Å². The zero-order chi connectivity index (χ0) is 19.1. The molecule has 1 atom stereocenters. The van der Waals surface area contributed by atoms with Crippen molar-refractivity contribution in [3.05, 3.63) is 29.8 Å². The number of halogens is 1. The van der Waals surface area contributed by atoms with Crippen molar-refractivity contribution < 1.29 is 18.7 Å². The molecule has 3 aliphatic rings. The summed E-state index contributed by atoms with van der Waals surface area (Å²) in [5.74, 6) is 0.286. The highest BCUT2D eigenvalue weighted by atomic mass is 19.1. The van der Waals surface area contributed by atoms with Crippen molar-refractivity contribution in [3.8, 4) is 5.75 Å². The molecule has 0 spiro atoms. The predicted molar refractivity (Wildman–Crippen MR) is 99.4 cm³/mol. The van der Waals surface area contributed by atoms with E-state index in [0.717, 1.165) is 37.0 Å². The van der Waals surface area contributed by atoms with Gasteiger partial charge in [-0.25, -0.2) is 4.39 Å². The first-order chi connectivity index (χ1) is 13.0. The Bertz CT molecular complexity index is 725. The maximum Gasteiger partial charge on any atom is 0.262 e. The fourth-order valence-corrected chi connectivity index (χ4v) is 4.53. The molecule has 4 rings (SSSR count). The maximum atomic E-state index is 15.5. The van der Waals surface area contributed by atoms with Gasteiger partial charge in [-0.1, -0.05) is 12.1 Å². The molecule has 1 aromatic rings. The van der Waals surface area contributed by atoms with Crippen LogP contribution in [0.5, 0.6) is 5.75 Å². The van der Waals surface area contributed by atoms with Crippen molar-refractivity contribution in [2.24, 2.45) is 0 Å². The molecule has 5 nitrogen and oxygen atoms in total. The highest BCUT2D eigenvalue weighted by molar-refractivity contribution is 5.93. The molecule has 1 unspecified atom stereocenters. The third-order valence-electron chi connectivity index (χ3n) is 6.31. The zero-order valence-corrected chi connectivity index (χ0v) is 15.9. The van der Waals surface area contributed by atoms with Crippen LogP contribution in [0.4, 0.5) is 4.39 Å². The van der Waals surface area contributed by atoms with E-state index < -0.39 is 17.0 Å². The van der Waals surface area contributed by atoms with Crippen molar-refractivity contribution >= 4 is 11.8 Å². The largest absolute Gasteiger partial charge is 0.497 e. The number of rotatable bonds is 4. The number of carbonyl (C=O) groups excluding carboxylic acids is 2. The highest BCUT2D eigenvalue weighted by Gasteiger charge is 2.55. The minimum absolute atomic E-state index is 0.0383. The molecular weight excluding hydrogens is 347 g/mol. The number of hydrogen-bond donors (Lipinski definition) is 0. The first-order valence-electron chi connectivity index (χ1n) is 9.91. The van der Waals surface area contributed by atoms with Gasteiger partial charge >= 0.3 is 0 Å². The molecule has 1 aromatic carbocycles. The molecule has 2 amide bonds. The predicted octanol–water partition coefficient (Wildman–Crippen LogP) is 2.68. The first-order valence-corrected chi connectivity index (χ1v) is 9.91. The van der Waals surface area contributed by atoms with Crippen LogP contribution in [0, 0.1) is 0 Å². The Morgan fingerprint density at radius 3 is 2.15 bits per heavy atom. The van der Waals surface area contributed by atoms with Crippen LogP contribution in [0.1, 0.15) is 44.1 Å². The van der Waals surface area contributed by atoms with Crippen LogP contribution in [0.3, 0.4) is 0 Å². The number of benzene rings is 1. The number of alkyl halides is 1. The van der Waals surface area contributed by atoms with E-state index in [0.29, 0.717) is 26.1 Å². The third-order valence-corrected chi connectivity index (χ3v) is 6.31. The summed E-state index contributed by atoms with van der Waals surface area (Å²) in [7, 11) is 1.61. The smallest absolute Gasteiger partial charge is 0.262 e. The number of hydrogen-bond acceptors (Lipinski definition) is 3. The standard InChI is InChI=1S/C21H27FN2O3/c1-27-17-7-5-16(6-8-17)20(10-11-20)18(25)24-14-4-9-21(22,15-24)19(26)23-12-2-3-13-23/h5-8H,2-4,9-15H2,1H3. The van der Waals surface area contributed by atoms with Crippen LogP contribution in [0.25, 0.3) is 0 Å². The number of methoxy groups -OCH3 is 1. The van der Waals surface area contributed by atoms with Crippen molar-refractivity contribution in [1.29, 1.82) is 0 Å². The average molecular weight is 374 g/mol. The number of amides is 2. The van der Waals surface area contributed by atoms with Gasteiger partial charge in [0.05, 0.1) is 19.1 Å². The average Bonchev–Trinajstić information content (AvgIpc) is 3.33. The van der Waals surface area contributed by atoms with Crippen molar-refractivity contribution in [1.82, 2.24) is 9.80 Å². The van der Waals surface area contributed by atoms with Crippen molar-refractivity contribution in [3.63, 3.8) is 0 Å². The molecule has 3 fully saturated rings. The van der Waals surface area contributed by atoms with Crippen molar-refractivity contribution in [2.45, 2.75) is 49.6 Å². The molecule has 2 aliphatic heterocycles. The zero-order valence-electron chi connectivity index (χ0n) is 15.9. The summed E-state index contributed by atoms with van der Waals surface area (Å²) in [5, 5.41) is 0. The summed E-state index contributed by atoms with van der Waals surface area (Å²) >= 11 is 0. The van der Waals surface area contributed by atoms with Gasteiger partial charge in [-0.2, -0.15) is 0 Å². The summed E-state index contributed by atoms with van der Waals surface area (Å²) in [4.78, 5) is 29.2. The number of ether oxygens (including phenoxy) is 1. The molecule has 146 valence electrons. The Balaban J connectivity index is 1.50. The minimum atomic E-state index is -1.94. The molecule has 0 bridgehead atoms. The highest BCUT2D eigenvalue weighted by Crippen LogP contribution is 2.50. The molecule has 2 saturated heterocycles. The van der Waals surface area contributed by atoms with Crippen LogP contribution in [-0.4, -0.2) is 60.6 Å². The Kier molecular flexibility index (Phi) is 4.60. The molecule has 0 aromatic heterocycles. The van der Waals surface area contributed by atoms with E-state index in [1.54, 1.807) is 16.9 Å². The molecule has 0 radical (unpaired) electrons. The number of likely N-dealkylation sites (tertiary alicyclic amines) is 2. The first kappa shape index (κ1) is 18.3. The molecule has 2 heterocycles. The normalized spacial score (nSPS) is 26.7. The third kappa shape index (κ3) is 3.19. The molecule has 1 saturated carbocycles. The number of carbonyl (C=O) groups is 2. The van der Waals surface area contributed by atoms with E-state index in [4.69, 9.17) is 4.74 Å². The van der Waals surface area contributed by atoms with Crippen LogP contribution >= 0.6 is 0 Å². The SMILES string of the molecule is COc1ccc(C2(C(=O)N3CCCC(F)(C(=O)N4CCCC4)C3)CC2)cc1. The Labute approximate surface area is 159 Å². The summed E-state index contributed by atoms with van der Waals surface area (Å²) < 4.78 is 20.7. The lowest BCUT2D eigenvalue weighted by Crippen LogP contribution is -2.57. The fraction of sp³-hybridized carbons (Fsp3) is 0.619. The van der Waals surface area contributed by atoms with Crippen molar-refractivity contribution in [2.75, 3.05) is 33.3 Å². The Morgan fingerprint density at radius 2 is 1.56 bits per heavy atom. The van der Waals surface area contributed by atoms with Crippen LogP contribution in [0.15, 0.2) is 24.3 Å². The minimum Gasteiger partial charge on any atom is -0.497 e. The lowest BCUT2D eigenvalue weighted by atomic mass is 9.89. The molecule has 0 N–H and O–H groups in total. The summed E-state index contributed by atoms with van der Waals surface area (Å²) in [6.45, 7) is 1.68. The number of piperidine rings is 1. The Hall–Kier alpha value is -2.11. The van der Waals surface area contributed by atoms with Crippen LogP contribution < -0.4 is 4.74 Å². The van der Waals surface area contributed by atoms with E-state index >= 15 is 4.39 Å². The number of nitrogens with zero attached hydrogens (tertiary/aromatic N) is 2. The van der Waals surface area contributed by atoms with E-state index in [2.05, 4.69) is 0 Å². The summed E-state index contributed by atoms with van der Waals surface area (Å²) in [6.07, 6.45) is 4.15. The monoisotopic (exact) mass is 374 g/mol. The van der Waals surface area contributed by atoms with Gasteiger partial charge in [0.2, 0.25) is 11.6 Å². The Morgan fingerprint density at radius 1 is 0.926 bits per heavy atom. The second-order valence-corrected chi connectivity index (χ2v) is 8.11. The van der Waals surface area contributed by atoms with Gasteiger partial charge in [0.15, 0.2) is 0 Å². The quantitative estimate of drug-likeness (QED) is 0.814.